The summed E-state index contributed by atoms with van der Waals surface area (Å²) >= 11 is 9.56. The number of hydrogen-bond donors (Lipinski definition) is 0. The highest BCUT2D eigenvalue weighted by molar-refractivity contribution is 7.99. The predicted molar refractivity (Wildman–Crippen MR) is 131 cm³/mol. The second kappa shape index (κ2) is 10.8. The molecule has 1 aliphatic rings. The number of hydrogen-bond acceptors (Lipinski definition) is 6. The van der Waals surface area contributed by atoms with Gasteiger partial charge in [-0.3, -0.25) is 14.6 Å². The Morgan fingerprint density at radius 1 is 1.23 bits per heavy atom. The van der Waals surface area contributed by atoms with E-state index in [0.717, 1.165) is 59.5 Å². The number of thiazole rings is 1. The lowest BCUT2D eigenvalue weighted by atomic mass is 10.2. The fourth-order valence-corrected chi connectivity index (χ4v) is 5.59. The van der Waals surface area contributed by atoms with E-state index in [4.69, 9.17) is 21.3 Å². The summed E-state index contributed by atoms with van der Waals surface area (Å²) in [7, 11) is 0. The van der Waals surface area contributed by atoms with Crippen LogP contribution in [0.2, 0.25) is 5.02 Å². The number of benzene rings is 2. The Morgan fingerprint density at radius 2 is 2.00 bits per heavy atom. The summed E-state index contributed by atoms with van der Waals surface area (Å²) in [6.45, 7) is 6.73. The monoisotopic (exact) mass is 475 g/mol. The van der Waals surface area contributed by atoms with Crippen LogP contribution in [-0.4, -0.2) is 60.9 Å². The third-order valence-corrected chi connectivity index (χ3v) is 7.81. The van der Waals surface area contributed by atoms with Crippen LogP contribution >= 0.6 is 34.7 Å². The summed E-state index contributed by atoms with van der Waals surface area (Å²) in [5.74, 6) is 0.853. The van der Waals surface area contributed by atoms with Crippen LogP contribution < -0.4 is 4.90 Å². The van der Waals surface area contributed by atoms with Gasteiger partial charge in [-0.15, -0.1) is 11.8 Å². The van der Waals surface area contributed by atoms with E-state index in [9.17, 15) is 4.79 Å². The average Bonchev–Trinajstić information content (AvgIpc) is 3.23. The third kappa shape index (κ3) is 5.79. The van der Waals surface area contributed by atoms with Gasteiger partial charge in [0.25, 0.3) is 0 Å². The molecule has 0 atom stereocenters. The number of carbonyl (C=O) groups excluding carboxylic acids is 1. The molecule has 1 saturated heterocycles. The Kier molecular flexibility index (Phi) is 7.85. The first-order chi connectivity index (χ1) is 15.1. The molecule has 0 aliphatic carbocycles. The molecule has 5 nitrogen and oxygen atoms in total. The largest absolute Gasteiger partial charge is 0.379 e. The topological polar surface area (TPSA) is 45.7 Å². The number of ether oxygens (including phenoxy) is 1. The number of aryl methyl sites for hydroxylation is 1. The normalized spacial score (nSPS) is 14.8. The van der Waals surface area contributed by atoms with Crippen molar-refractivity contribution in [3.8, 4) is 0 Å². The molecule has 1 aromatic heterocycles. The van der Waals surface area contributed by atoms with Crippen molar-refractivity contribution in [2.75, 3.05) is 50.0 Å². The standard InChI is InChI=1S/C23H26ClN3O2S2/c1-17-19(24)7-8-20-22(17)25-23(31-20)27(11-10-26-12-14-29-15-13-26)21(28)9-16-30-18-5-3-2-4-6-18/h2-8H,9-16H2,1H3. The molecule has 2 heterocycles. The van der Waals surface area contributed by atoms with Crippen LogP contribution in [0.25, 0.3) is 10.2 Å². The van der Waals surface area contributed by atoms with Crippen molar-refractivity contribution in [2.45, 2.75) is 18.2 Å². The van der Waals surface area contributed by atoms with Crippen molar-refractivity contribution in [3.63, 3.8) is 0 Å². The maximum Gasteiger partial charge on any atom is 0.229 e. The van der Waals surface area contributed by atoms with Gasteiger partial charge in [-0.25, -0.2) is 4.98 Å². The molecule has 0 N–H and O–H groups in total. The van der Waals surface area contributed by atoms with Crippen LogP contribution in [0.1, 0.15) is 12.0 Å². The minimum absolute atomic E-state index is 0.111. The van der Waals surface area contributed by atoms with E-state index in [1.807, 2.05) is 42.2 Å². The summed E-state index contributed by atoms with van der Waals surface area (Å²) in [6.07, 6.45) is 0.471. The van der Waals surface area contributed by atoms with Gasteiger partial charge in [-0.05, 0) is 36.8 Å². The Bertz CT molecular complexity index is 1020. The molecule has 3 aromatic rings. The van der Waals surface area contributed by atoms with Crippen molar-refractivity contribution in [3.05, 3.63) is 53.1 Å². The van der Waals surface area contributed by atoms with Gasteiger partial charge in [0.2, 0.25) is 5.91 Å². The first kappa shape index (κ1) is 22.6. The van der Waals surface area contributed by atoms with E-state index in [2.05, 4.69) is 17.0 Å². The number of rotatable bonds is 8. The van der Waals surface area contributed by atoms with Crippen molar-refractivity contribution < 1.29 is 9.53 Å². The molecule has 0 bridgehead atoms. The summed E-state index contributed by atoms with van der Waals surface area (Å²) in [4.78, 5) is 23.4. The molecule has 0 saturated carbocycles. The highest BCUT2D eigenvalue weighted by atomic mass is 35.5. The van der Waals surface area contributed by atoms with E-state index in [1.165, 1.54) is 4.90 Å². The minimum Gasteiger partial charge on any atom is -0.379 e. The fraction of sp³-hybridized carbons (Fsp3) is 0.391. The minimum atomic E-state index is 0.111. The number of halogens is 1. The van der Waals surface area contributed by atoms with Gasteiger partial charge in [0.15, 0.2) is 5.13 Å². The van der Waals surface area contributed by atoms with Gasteiger partial charge in [0.05, 0.1) is 23.4 Å². The summed E-state index contributed by atoms with van der Waals surface area (Å²) in [5.41, 5.74) is 1.84. The van der Waals surface area contributed by atoms with Gasteiger partial charge in [-0.1, -0.05) is 41.1 Å². The maximum absolute atomic E-state index is 13.2. The Labute approximate surface area is 196 Å². The molecule has 31 heavy (non-hydrogen) atoms. The molecule has 0 spiro atoms. The fourth-order valence-electron chi connectivity index (χ4n) is 3.51. The number of aromatic nitrogens is 1. The second-order valence-corrected chi connectivity index (χ2v) is 10.0. The van der Waals surface area contributed by atoms with Gasteiger partial charge >= 0.3 is 0 Å². The van der Waals surface area contributed by atoms with Gasteiger partial charge in [-0.2, -0.15) is 0 Å². The molecule has 4 rings (SSSR count). The number of carbonyl (C=O) groups is 1. The van der Waals surface area contributed by atoms with Crippen LogP contribution in [-0.2, 0) is 9.53 Å². The van der Waals surface area contributed by atoms with Crippen LogP contribution in [0.3, 0.4) is 0 Å². The molecule has 164 valence electrons. The number of morpholine rings is 1. The number of thioether (sulfide) groups is 1. The first-order valence-corrected chi connectivity index (χ1v) is 12.6. The molecule has 0 radical (unpaired) electrons. The van der Waals surface area contributed by atoms with Crippen LogP contribution in [0.4, 0.5) is 5.13 Å². The van der Waals surface area contributed by atoms with Crippen LogP contribution in [0.5, 0.6) is 0 Å². The van der Waals surface area contributed by atoms with Crippen molar-refractivity contribution in [1.82, 2.24) is 9.88 Å². The lowest BCUT2D eigenvalue weighted by molar-refractivity contribution is -0.118. The molecule has 1 fully saturated rings. The highest BCUT2D eigenvalue weighted by Crippen LogP contribution is 2.34. The van der Waals surface area contributed by atoms with Crippen LogP contribution in [0, 0.1) is 6.92 Å². The van der Waals surface area contributed by atoms with E-state index in [1.54, 1.807) is 23.1 Å². The SMILES string of the molecule is Cc1c(Cl)ccc2sc(N(CCN3CCOCC3)C(=O)CCSc3ccccc3)nc12. The predicted octanol–water partition coefficient (Wildman–Crippen LogP) is 5.11. The summed E-state index contributed by atoms with van der Waals surface area (Å²) in [6, 6.07) is 14.1. The zero-order valence-corrected chi connectivity index (χ0v) is 19.9. The van der Waals surface area contributed by atoms with E-state index in [-0.39, 0.29) is 5.91 Å². The van der Waals surface area contributed by atoms with Gasteiger partial charge in [0, 0.05) is 48.3 Å². The third-order valence-electron chi connectivity index (χ3n) is 5.34. The van der Waals surface area contributed by atoms with Crippen LogP contribution in [0.15, 0.2) is 47.4 Å². The number of amides is 1. The zero-order chi connectivity index (χ0) is 21.6. The Balaban J connectivity index is 1.49. The smallest absolute Gasteiger partial charge is 0.229 e. The second-order valence-electron chi connectivity index (χ2n) is 7.43. The first-order valence-electron chi connectivity index (χ1n) is 10.5. The molecule has 0 unspecified atom stereocenters. The lowest BCUT2D eigenvalue weighted by Crippen LogP contribution is -2.43. The van der Waals surface area contributed by atoms with E-state index >= 15 is 0 Å². The number of anilines is 1. The quantitative estimate of drug-likeness (QED) is 0.424. The molecule has 1 amide bonds. The van der Waals surface area contributed by atoms with Crippen molar-refractivity contribution >= 4 is 56.0 Å². The zero-order valence-electron chi connectivity index (χ0n) is 17.6. The highest BCUT2D eigenvalue weighted by Gasteiger charge is 2.22. The number of nitrogens with zero attached hydrogens (tertiary/aromatic N) is 3. The lowest BCUT2D eigenvalue weighted by Gasteiger charge is -2.29. The maximum atomic E-state index is 13.2. The molecular formula is C23H26ClN3O2S2. The molecular weight excluding hydrogens is 450 g/mol. The number of fused-ring (bicyclic) bond motifs is 1. The summed E-state index contributed by atoms with van der Waals surface area (Å²) < 4.78 is 6.51. The average molecular weight is 476 g/mol. The van der Waals surface area contributed by atoms with E-state index in [0.29, 0.717) is 18.0 Å². The molecule has 2 aromatic carbocycles. The van der Waals surface area contributed by atoms with Gasteiger partial charge in [0.1, 0.15) is 0 Å². The molecule has 1 aliphatic heterocycles. The Morgan fingerprint density at radius 3 is 2.77 bits per heavy atom. The molecule has 8 heteroatoms. The van der Waals surface area contributed by atoms with Crippen molar-refractivity contribution in [1.29, 1.82) is 0 Å². The van der Waals surface area contributed by atoms with Gasteiger partial charge < -0.3 is 4.74 Å². The Hall–Kier alpha value is -1.64. The summed E-state index contributed by atoms with van der Waals surface area (Å²) in [5, 5.41) is 1.46. The van der Waals surface area contributed by atoms with E-state index < -0.39 is 0 Å². The van der Waals surface area contributed by atoms with Crippen molar-refractivity contribution in [2.24, 2.45) is 0 Å².